The first-order valence-electron chi connectivity index (χ1n) is 6.41. The number of aliphatic hydroxyl groups is 1. The number of nitrogens with one attached hydrogen (secondary N) is 1. The summed E-state index contributed by atoms with van der Waals surface area (Å²) in [7, 11) is -3.00. The van der Waals surface area contributed by atoms with Crippen LogP contribution in [0, 0.1) is 5.82 Å². The van der Waals surface area contributed by atoms with Gasteiger partial charge in [0.1, 0.15) is 12.7 Å². The van der Waals surface area contributed by atoms with Crippen molar-refractivity contribution in [2.45, 2.75) is 13.0 Å². The standard InChI is InChI=1S/C13H20FNO4S/c1-2-20(17,18)8-7-15-9-11(16)10-19-13-6-4-3-5-12(13)14/h3-6,11,15-16H,2,7-10H2,1H3. The van der Waals surface area contributed by atoms with Crippen molar-refractivity contribution in [1.29, 1.82) is 0 Å². The van der Waals surface area contributed by atoms with Gasteiger partial charge in [0.2, 0.25) is 0 Å². The molecule has 0 fully saturated rings. The molecular formula is C13H20FNO4S. The first kappa shape index (κ1) is 16.9. The first-order valence-corrected chi connectivity index (χ1v) is 8.23. The minimum Gasteiger partial charge on any atom is -0.488 e. The predicted molar refractivity (Wildman–Crippen MR) is 75.1 cm³/mol. The van der Waals surface area contributed by atoms with E-state index in [0.717, 1.165) is 0 Å². The minimum absolute atomic E-state index is 0.0321. The molecule has 2 N–H and O–H groups in total. The van der Waals surface area contributed by atoms with Gasteiger partial charge in [0.05, 0.1) is 5.75 Å². The number of aliphatic hydroxyl groups excluding tert-OH is 1. The Bertz CT molecular complexity index is 507. The van der Waals surface area contributed by atoms with Crippen LogP contribution in [0.3, 0.4) is 0 Å². The molecule has 1 aromatic carbocycles. The van der Waals surface area contributed by atoms with E-state index in [1.165, 1.54) is 12.1 Å². The SMILES string of the molecule is CCS(=O)(=O)CCNCC(O)COc1ccccc1F. The summed E-state index contributed by atoms with van der Waals surface area (Å²) >= 11 is 0. The Morgan fingerprint density at radius 2 is 2.10 bits per heavy atom. The van der Waals surface area contributed by atoms with Gasteiger partial charge in [-0.05, 0) is 12.1 Å². The van der Waals surface area contributed by atoms with Crippen LogP contribution in [0.5, 0.6) is 5.75 Å². The van der Waals surface area contributed by atoms with Gasteiger partial charge < -0.3 is 15.2 Å². The number of rotatable bonds is 9. The van der Waals surface area contributed by atoms with Crippen LogP contribution < -0.4 is 10.1 Å². The summed E-state index contributed by atoms with van der Waals surface area (Å²) in [5.41, 5.74) is 0. The van der Waals surface area contributed by atoms with Crippen LogP contribution >= 0.6 is 0 Å². The van der Waals surface area contributed by atoms with E-state index in [0.29, 0.717) is 0 Å². The molecule has 0 aliphatic rings. The summed E-state index contributed by atoms with van der Waals surface area (Å²) in [6, 6.07) is 5.94. The molecule has 7 heteroatoms. The summed E-state index contributed by atoms with van der Waals surface area (Å²) < 4.78 is 40.8. The third kappa shape index (κ3) is 6.31. The molecule has 1 aromatic rings. The molecule has 0 aliphatic carbocycles. The zero-order valence-electron chi connectivity index (χ0n) is 11.4. The Morgan fingerprint density at radius 1 is 1.40 bits per heavy atom. The van der Waals surface area contributed by atoms with Gasteiger partial charge >= 0.3 is 0 Å². The Hall–Kier alpha value is -1.18. The lowest BCUT2D eigenvalue weighted by Crippen LogP contribution is -2.34. The van der Waals surface area contributed by atoms with Crippen LogP contribution in [0.2, 0.25) is 0 Å². The monoisotopic (exact) mass is 305 g/mol. The Balaban J connectivity index is 2.21. The molecular weight excluding hydrogens is 285 g/mol. The van der Waals surface area contributed by atoms with Crippen LogP contribution in [0.1, 0.15) is 6.92 Å². The fraction of sp³-hybridized carbons (Fsp3) is 0.538. The van der Waals surface area contributed by atoms with Crippen molar-refractivity contribution in [3.63, 3.8) is 0 Å². The molecule has 0 aromatic heterocycles. The minimum atomic E-state index is -3.00. The second-order valence-electron chi connectivity index (χ2n) is 4.34. The van der Waals surface area contributed by atoms with Crippen molar-refractivity contribution in [2.24, 2.45) is 0 Å². The van der Waals surface area contributed by atoms with Gasteiger partial charge in [-0.25, -0.2) is 12.8 Å². The zero-order valence-corrected chi connectivity index (χ0v) is 12.2. The molecule has 1 atom stereocenters. The Morgan fingerprint density at radius 3 is 2.75 bits per heavy atom. The van der Waals surface area contributed by atoms with E-state index in [4.69, 9.17) is 4.74 Å². The number of sulfone groups is 1. The molecule has 5 nitrogen and oxygen atoms in total. The van der Waals surface area contributed by atoms with Crippen molar-refractivity contribution in [1.82, 2.24) is 5.32 Å². The van der Waals surface area contributed by atoms with E-state index in [9.17, 15) is 17.9 Å². The topological polar surface area (TPSA) is 75.6 Å². The first-order chi connectivity index (χ1) is 9.44. The van der Waals surface area contributed by atoms with E-state index < -0.39 is 21.8 Å². The van der Waals surface area contributed by atoms with Gasteiger partial charge in [-0.2, -0.15) is 0 Å². The summed E-state index contributed by atoms with van der Waals surface area (Å²) in [6.07, 6.45) is -0.834. The van der Waals surface area contributed by atoms with Crippen LogP contribution in [0.25, 0.3) is 0 Å². The van der Waals surface area contributed by atoms with Gasteiger partial charge in [0.15, 0.2) is 21.4 Å². The quantitative estimate of drug-likeness (QED) is 0.653. The average Bonchev–Trinajstić information content (AvgIpc) is 2.43. The number of para-hydroxylation sites is 1. The maximum absolute atomic E-state index is 13.2. The molecule has 114 valence electrons. The van der Waals surface area contributed by atoms with Gasteiger partial charge in [0.25, 0.3) is 0 Å². The molecule has 1 unspecified atom stereocenters. The van der Waals surface area contributed by atoms with Crippen molar-refractivity contribution in [2.75, 3.05) is 31.2 Å². The Labute approximate surface area is 118 Å². The second kappa shape index (κ2) is 8.18. The highest BCUT2D eigenvalue weighted by Gasteiger charge is 2.09. The fourth-order valence-corrected chi connectivity index (χ4v) is 2.19. The molecule has 0 amide bonds. The number of hydrogen-bond donors (Lipinski definition) is 2. The van der Waals surface area contributed by atoms with Crippen molar-refractivity contribution < 1.29 is 22.7 Å². The molecule has 0 spiro atoms. The lowest BCUT2D eigenvalue weighted by atomic mass is 10.3. The van der Waals surface area contributed by atoms with Crippen LogP contribution in [-0.2, 0) is 9.84 Å². The van der Waals surface area contributed by atoms with E-state index in [1.807, 2.05) is 0 Å². The van der Waals surface area contributed by atoms with E-state index in [1.54, 1.807) is 19.1 Å². The largest absolute Gasteiger partial charge is 0.488 e. The maximum atomic E-state index is 13.2. The number of benzene rings is 1. The molecule has 0 bridgehead atoms. The number of halogens is 1. The van der Waals surface area contributed by atoms with Gasteiger partial charge in [-0.3, -0.25) is 0 Å². The molecule has 0 radical (unpaired) electrons. The van der Waals surface area contributed by atoms with Gasteiger partial charge in [0, 0.05) is 18.8 Å². The number of hydrogen-bond acceptors (Lipinski definition) is 5. The predicted octanol–water partition coefficient (Wildman–Crippen LogP) is 0.590. The summed E-state index contributed by atoms with van der Waals surface area (Å²) in [4.78, 5) is 0. The molecule has 0 aliphatic heterocycles. The third-order valence-corrected chi connectivity index (χ3v) is 4.38. The summed E-state index contributed by atoms with van der Waals surface area (Å²) in [5.74, 6) is -0.264. The molecule has 1 rings (SSSR count). The molecule has 0 heterocycles. The average molecular weight is 305 g/mol. The van der Waals surface area contributed by atoms with E-state index in [2.05, 4.69) is 5.32 Å². The summed E-state index contributed by atoms with van der Waals surface area (Å²) in [5, 5.41) is 12.5. The highest BCUT2D eigenvalue weighted by molar-refractivity contribution is 7.91. The third-order valence-electron chi connectivity index (χ3n) is 2.68. The molecule has 0 saturated heterocycles. The highest BCUT2D eigenvalue weighted by Crippen LogP contribution is 2.15. The second-order valence-corrected chi connectivity index (χ2v) is 6.81. The smallest absolute Gasteiger partial charge is 0.165 e. The summed E-state index contributed by atoms with van der Waals surface area (Å²) in [6.45, 7) is 1.99. The number of ether oxygens (including phenoxy) is 1. The van der Waals surface area contributed by atoms with Crippen molar-refractivity contribution >= 4 is 9.84 Å². The normalized spacial score (nSPS) is 13.2. The van der Waals surface area contributed by atoms with Crippen molar-refractivity contribution in [3.05, 3.63) is 30.1 Å². The van der Waals surface area contributed by atoms with Gasteiger partial charge in [-0.1, -0.05) is 19.1 Å². The molecule has 20 heavy (non-hydrogen) atoms. The van der Waals surface area contributed by atoms with Crippen LogP contribution in [0.4, 0.5) is 4.39 Å². The van der Waals surface area contributed by atoms with Crippen LogP contribution in [-0.4, -0.2) is 50.8 Å². The van der Waals surface area contributed by atoms with Crippen LogP contribution in [0.15, 0.2) is 24.3 Å². The van der Waals surface area contributed by atoms with Crippen molar-refractivity contribution in [3.8, 4) is 5.75 Å². The fourth-order valence-electron chi connectivity index (χ4n) is 1.45. The molecule has 0 saturated carbocycles. The maximum Gasteiger partial charge on any atom is 0.165 e. The lowest BCUT2D eigenvalue weighted by Gasteiger charge is -2.13. The van der Waals surface area contributed by atoms with Gasteiger partial charge in [-0.15, -0.1) is 0 Å². The zero-order chi connectivity index (χ0) is 15.0. The lowest BCUT2D eigenvalue weighted by molar-refractivity contribution is 0.105. The highest BCUT2D eigenvalue weighted by atomic mass is 32.2. The van der Waals surface area contributed by atoms with E-state index in [-0.39, 0.29) is 37.0 Å². The Kier molecular flexibility index (Phi) is 6.90. The van der Waals surface area contributed by atoms with E-state index >= 15 is 0 Å².